The van der Waals surface area contributed by atoms with Crippen LogP contribution in [-0.4, -0.2) is 9.55 Å². The van der Waals surface area contributed by atoms with Gasteiger partial charge in [0.1, 0.15) is 0 Å². The molecular formula is C15H11BrN2O. The van der Waals surface area contributed by atoms with Crippen molar-refractivity contribution < 1.29 is 0 Å². The number of para-hydroxylation sites is 1. The van der Waals surface area contributed by atoms with Crippen molar-refractivity contribution in [2.24, 2.45) is 0 Å². The van der Waals surface area contributed by atoms with Gasteiger partial charge < -0.3 is 4.57 Å². The summed E-state index contributed by atoms with van der Waals surface area (Å²) >= 11 is 3.37. The van der Waals surface area contributed by atoms with Gasteiger partial charge in [0.15, 0.2) is 0 Å². The molecule has 4 heteroatoms. The zero-order valence-corrected chi connectivity index (χ0v) is 11.7. The van der Waals surface area contributed by atoms with E-state index in [0.717, 1.165) is 21.1 Å². The van der Waals surface area contributed by atoms with Gasteiger partial charge >= 0.3 is 0 Å². The van der Waals surface area contributed by atoms with Crippen molar-refractivity contribution in [3.63, 3.8) is 0 Å². The minimum absolute atomic E-state index is 0.0295. The molecular weight excluding hydrogens is 304 g/mol. The number of benzene rings is 1. The zero-order valence-electron chi connectivity index (χ0n) is 10.1. The Morgan fingerprint density at radius 3 is 2.79 bits per heavy atom. The van der Waals surface area contributed by atoms with Crippen molar-refractivity contribution in [1.82, 2.24) is 9.55 Å². The topological polar surface area (TPSA) is 34.9 Å². The average molecular weight is 315 g/mol. The normalized spacial score (nSPS) is 10.8. The molecule has 0 N–H and O–H groups in total. The van der Waals surface area contributed by atoms with Gasteiger partial charge in [0.25, 0.3) is 5.56 Å². The molecule has 94 valence electrons. The monoisotopic (exact) mass is 314 g/mol. The predicted octanol–water partition coefficient (Wildman–Crippen LogP) is 3.21. The van der Waals surface area contributed by atoms with E-state index in [1.54, 1.807) is 22.9 Å². The third kappa shape index (κ3) is 2.58. The van der Waals surface area contributed by atoms with Crippen molar-refractivity contribution >= 4 is 26.8 Å². The fourth-order valence-electron chi connectivity index (χ4n) is 2.00. The maximum Gasteiger partial charge on any atom is 0.250 e. The van der Waals surface area contributed by atoms with E-state index in [-0.39, 0.29) is 5.56 Å². The molecule has 0 radical (unpaired) electrons. The van der Waals surface area contributed by atoms with Crippen LogP contribution in [0.5, 0.6) is 0 Å². The molecule has 19 heavy (non-hydrogen) atoms. The molecule has 1 aromatic carbocycles. The fraction of sp³-hybridized carbons (Fsp3) is 0.0667. The highest BCUT2D eigenvalue weighted by molar-refractivity contribution is 9.10. The summed E-state index contributed by atoms with van der Waals surface area (Å²) in [6.07, 6.45) is 1.78. The molecule has 0 spiro atoms. The summed E-state index contributed by atoms with van der Waals surface area (Å²) in [5.41, 5.74) is 1.79. The van der Waals surface area contributed by atoms with E-state index < -0.39 is 0 Å². The van der Waals surface area contributed by atoms with Crippen LogP contribution in [0.4, 0.5) is 0 Å². The first-order chi connectivity index (χ1) is 9.22. The molecule has 0 bridgehead atoms. The van der Waals surface area contributed by atoms with Gasteiger partial charge in [0.05, 0.1) is 17.8 Å². The van der Waals surface area contributed by atoms with Gasteiger partial charge in [0.2, 0.25) is 0 Å². The maximum absolute atomic E-state index is 11.8. The first kappa shape index (κ1) is 12.1. The third-order valence-corrected chi connectivity index (χ3v) is 3.40. The number of fused-ring (bicyclic) bond motifs is 1. The number of halogens is 1. The standard InChI is InChI=1S/C15H11BrN2O/c16-12-6-8-15(19)18(9-12)10-13-7-5-11-3-1-2-4-14(11)17-13/h1-9H,10H2. The molecule has 0 aliphatic rings. The van der Waals surface area contributed by atoms with E-state index in [1.807, 2.05) is 36.4 Å². The summed E-state index contributed by atoms with van der Waals surface area (Å²) in [5, 5.41) is 1.10. The van der Waals surface area contributed by atoms with Crippen LogP contribution < -0.4 is 5.56 Å². The van der Waals surface area contributed by atoms with Crippen molar-refractivity contribution in [3.05, 3.63) is 75.2 Å². The van der Waals surface area contributed by atoms with Crippen molar-refractivity contribution in [3.8, 4) is 0 Å². The summed E-state index contributed by atoms with van der Waals surface area (Å²) < 4.78 is 2.52. The summed E-state index contributed by atoms with van der Waals surface area (Å²) in [6.45, 7) is 0.475. The number of hydrogen-bond acceptors (Lipinski definition) is 2. The largest absolute Gasteiger partial charge is 0.308 e. The molecule has 2 aromatic heterocycles. The third-order valence-electron chi connectivity index (χ3n) is 2.94. The lowest BCUT2D eigenvalue weighted by Gasteiger charge is -2.06. The Hall–Kier alpha value is -1.94. The Balaban J connectivity index is 2.01. The lowest BCUT2D eigenvalue weighted by Crippen LogP contribution is -2.19. The smallest absolute Gasteiger partial charge is 0.250 e. The van der Waals surface area contributed by atoms with E-state index in [4.69, 9.17) is 0 Å². The van der Waals surface area contributed by atoms with E-state index in [9.17, 15) is 4.79 Å². The summed E-state index contributed by atoms with van der Waals surface area (Å²) in [7, 11) is 0. The first-order valence-corrected chi connectivity index (χ1v) is 6.72. The predicted molar refractivity (Wildman–Crippen MR) is 79.2 cm³/mol. The molecule has 0 saturated carbocycles. The summed E-state index contributed by atoms with van der Waals surface area (Å²) in [5.74, 6) is 0. The van der Waals surface area contributed by atoms with Gasteiger partial charge in [0, 0.05) is 22.1 Å². The number of nitrogens with zero attached hydrogens (tertiary/aromatic N) is 2. The Morgan fingerprint density at radius 1 is 1.05 bits per heavy atom. The lowest BCUT2D eigenvalue weighted by atomic mass is 10.2. The zero-order chi connectivity index (χ0) is 13.2. The van der Waals surface area contributed by atoms with Crippen molar-refractivity contribution in [2.45, 2.75) is 6.54 Å². The van der Waals surface area contributed by atoms with Crippen LogP contribution in [0.2, 0.25) is 0 Å². The SMILES string of the molecule is O=c1ccc(Br)cn1Cc1ccc2ccccc2n1. The lowest BCUT2D eigenvalue weighted by molar-refractivity contribution is 0.740. The second kappa shape index (κ2) is 4.97. The Labute approximate surface area is 118 Å². The highest BCUT2D eigenvalue weighted by Gasteiger charge is 2.01. The molecule has 0 amide bonds. The van der Waals surface area contributed by atoms with Crippen molar-refractivity contribution in [2.75, 3.05) is 0 Å². The molecule has 0 fully saturated rings. The van der Waals surface area contributed by atoms with Gasteiger partial charge in [-0.3, -0.25) is 9.78 Å². The van der Waals surface area contributed by atoms with Crippen LogP contribution in [0.1, 0.15) is 5.69 Å². The van der Waals surface area contributed by atoms with Gasteiger partial charge in [-0.1, -0.05) is 24.3 Å². The van der Waals surface area contributed by atoms with Gasteiger partial charge in [-0.25, -0.2) is 0 Å². The van der Waals surface area contributed by atoms with Crippen LogP contribution >= 0.6 is 15.9 Å². The fourth-order valence-corrected chi connectivity index (χ4v) is 2.38. The van der Waals surface area contributed by atoms with Gasteiger partial charge in [-0.15, -0.1) is 0 Å². The number of rotatable bonds is 2. The molecule has 2 heterocycles. The second-order valence-corrected chi connectivity index (χ2v) is 5.22. The molecule has 0 unspecified atom stereocenters. The average Bonchev–Trinajstić information content (AvgIpc) is 2.43. The molecule has 0 atom stereocenters. The molecule has 3 nitrogen and oxygen atoms in total. The Kier molecular flexibility index (Phi) is 3.17. The van der Waals surface area contributed by atoms with Crippen LogP contribution in [0, 0.1) is 0 Å². The maximum atomic E-state index is 11.8. The molecule has 3 rings (SSSR count). The molecule has 3 aromatic rings. The van der Waals surface area contributed by atoms with Gasteiger partial charge in [-0.2, -0.15) is 0 Å². The van der Waals surface area contributed by atoms with Crippen LogP contribution in [-0.2, 0) is 6.54 Å². The molecule has 0 aliphatic carbocycles. The molecule has 0 saturated heterocycles. The summed E-state index contributed by atoms with van der Waals surface area (Å²) in [6, 6.07) is 15.2. The minimum atomic E-state index is -0.0295. The van der Waals surface area contributed by atoms with Crippen LogP contribution in [0.15, 0.2) is 64.0 Å². The van der Waals surface area contributed by atoms with E-state index >= 15 is 0 Å². The van der Waals surface area contributed by atoms with E-state index in [1.165, 1.54) is 0 Å². The van der Waals surface area contributed by atoms with Crippen molar-refractivity contribution in [1.29, 1.82) is 0 Å². The molecule has 0 aliphatic heterocycles. The van der Waals surface area contributed by atoms with Crippen LogP contribution in [0.3, 0.4) is 0 Å². The Morgan fingerprint density at radius 2 is 1.89 bits per heavy atom. The van der Waals surface area contributed by atoms with Crippen LogP contribution in [0.25, 0.3) is 10.9 Å². The van der Waals surface area contributed by atoms with Gasteiger partial charge in [-0.05, 0) is 34.1 Å². The second-order valence-electron chi connectivity index (χ2n) is 4.31. The van der Waals surface area contributed by atoms with E-state index in [0.29, 0.717) is 6.54 Å². The number of pyridine rings is 2. The van der Waals surface area contributed by atoms with E-state index in [2.05, 4.69) is 20.9 Å². The highest BCUT2D eigenvalue weighted by Crippen LogP contribution is 2.12. The first-order valence-electron chi connectivity index (χ1n) is 5.93. The Bertz CT molecular complexity index is 795. The highest BCUT2D eigenvalue weighted by atomic mass is 79.9. The number of aromatic nitrogens is 2. The quantitative estimate of drug-likeness (QED) is 0.728. The summed E-state index contributed by atoms with van der Waals surface area (Å²) in [4.78, 5) is 16.3. The minimum Gasteiger partial charge on any atom is -0.308 e. The number of hydrogen-bond donors (Lipinski definition) is 0.